The maximum Gasteiger partial charge on any atom is 0.208 e. The number of hydrogen-bond donors (Lipinski definition) is 0. The molecule has 0 bridgehead atoms. The molecule has 2 aromatic heterocycles. The van der Waals surface area contributed by atoms with Gasteiger partial charge in [-0.15, -0.1) is 5.10 Å². The summed E-state index contributed by atoms with van der Waals surface area (Å²) in [6.45, 7) is 3.86. The standard InChI is InChI=1S/C17H17N5O/c1-12-4-6-15(7-5-12)22-13(2)17(19-20-22)16(23)9-8-14-10-11-18-21(14)3/h4-11H,1-3H3. The molecule has 0 atom stereocenters. The molecule has 6 heteroatoms. The van der Waals surface area contributed by atoms with Gasteiger partial charge in [-0.25, -0.2) is 4.68 Å². The van der Waals surface area contributed by atoms with Gasteiger partial charge in [-0.1, -0.05) is 22.9 Å². The van der Waals surface area contributed by atoms with E-state index in [0.29, 0.717) is 11.4 Å². The van der Waals surface area contributed by atoms with Crippen LogP contribution in [0.15, 0.2) is 42.6 Å². The Balaban J connectivity index is 1.87. The lowest BCUT2D eigenvalue weighted by Gasteiger charge is -2.03. The highest BCUT2D eigenvalue weighted by molar-refractivity contribution is 6.06. The van der Waals surface area contributed by atoms with E-state index < -0.39 is 0 Å². The van der Waals surface area contributed by atoms with Gasteiger partial charge in [0.05, 0.1) is 17.1 Å². The molecule has 3 rings (SSSR count). The Labute approximate surface area is 134 Å². The van der Waals surface area contributed by atoms with Crippen molar-refractivity contribution < 1.29 is 4.79 Å². The molecule has 0 N–H and O–H groups in total. The molecular formula is C17H17N5O. The molecule has 0 aliphatic rings. The summed E-state index contributed by atoms with van der Waals surface area (Å²) in [5.74, 6) is -0.179. The van der Waals surface area contributed by atoms with E-state index in [9.17, 15) is 4.79 Å². The summed E-state index contributed by atoms with van der Waals surface area (Å²) >= 11 is 0. The van der Waals surface area contributed by atoms with Crippen LogP contribution >= 0.6 is 0 Å². The van der Waals surface area contributed by atoms with Gasteiger partial charge in [0, 0.05) is 13.2 Å². The number of carbonyl (C=O) groups is 1. The van der Waals surface area contributed by atoms with E-state index in [-0.39, 0.29) is 5.78 Å². The minimum atomic E-state index is -0.179. The zero-order valence-electron chi connectivity index (χ0n) is 13.3. The van der Waals surface area contributed by atoms with Crippen LogP contribution in [0.5, 0.6) is 0 Å². The Hall–Kier alpha value is -3.02. The fourth-order valence-electron chi connectivity index (χ4n) is 2.28. The minimum absolute atomic E-state index is 0.179. The molecule has 2 heterocycles. The lowest BCUT2D eigenvalue weighted by molar-refractivity contribution is 0.104. The van der Waals surface area contributed by atoms with Crippen molar-refractivity contribution in [2.45, 2.75) is 13.8 Å². The van der Waals surface area contributed by atoms with E-state index in [1.165, 1.54) is 11.6 Å². The van der Waals surface area contributed by atoms with E-state index in [1.54, 1.807) is 21.6 Å². The third-order valence-electron chi connectivity index (χ3n) is 3.67. The van der Waals surface area contributed by atoms with Gasteiger partial charge < -0.3 is 0 Å². The highest BCUT2D eigenvalue weighted by Gasteiger charge is 2.15. The first-order valence-electron chi connectivity index (χ1n) is 7.26. The minimum Gasteiger partial charge on any atom is -0.287 e. The third kappa shape index (κ3) is 2.96. The molecular weight excluding hydrogens is 290 g/mol. The van der Waals surface area contributed by atoms with Gasteiger partial charge in [0.2, 0.25) is 5.78 Å². The van der Waals surface area contributed by atoms with E-state index >= 15 is 0 Å². The Morgan fingerprint density at radius 3 is 2.52 bits per heavy atom. The predicted octanol–water partition coefficient (Wildman–Crippen LogP) is 2.51. The molecule has 1 aromatic carbocycles. The molecule has 3 aromatic rings. The molecule has 0 saturated carbocycles. The quantitative estimate of drug-likeness (QED) is 0.549. The highest BCUT2D eigenvalue weighted by atomic mass is 16.1. The highest BCUT2D eigenvalue weighted by Crippen LogP contribution is 2.14. The summed E-state index contributed by atoms with van der Waals surface area (Å²) in [5.41, 5.74) is 3.97. The fourth-order valence-corrected chi connectivity index (χ4v) is 2.28. The zero-order chi connectivity index (χ0) is 16.4. The zero-order valence-corrected chi connectivity index (χ0v) is 13.3. The molecule has 0 unspecified atom stereocenters. The van der Waals surface area contributed by atoms with Crippen molar-refractivity contribution in [1.29, 1.82) is 0 Å². The number of ketones is 1. The monoisotopic (exact) mass is 307 g/mol. The van der Waals surface area contributed by atoms with Gasteiger partial charge in [0.25, 0.3) is 0 Å². The number of benzene rings is 1. The third-order valence-corrected chi connectivity index (χ3v) is 3.67. The first-order valence-corrected chi connectivity index (χ1v) is 7.26. The Morgan fingerprint density at radius 1 is 1.13 bits per heavy atom. The molecule has 6 nitrogen and oxygen atoms in total. The van der Waals surface area contributed by atoms with Crippen molar-refractivity contribution in [3.05, 3.63) is 65.2 Å². The lowest BCUT2D eigenvalue weighted by Crippen LogP contribution is -2.02. The second kappa shape index (κ2) is 6.00. The maximum absolute atomic E-state index is 12.3. The molecule has 0 amide bonds. The van der Waals surface area contributed by atoms with Gasteiger partial charge in [-0.3, -0.25) is 9.48 Å². The summed E-state index contributed by atoms with van der Waals surface area (Å²) in [6.07, 6.45) is 4.90. The van der Waals surface area contributed by atoms with Crippen LogP contribution < -0.4 is 0 Å². The number of hydrogen-bond acceptors (Lipinski definition) is 4. The molecule has 0 saturated heterocycles. The summed E-state index contributed by atoms with van der Waals surface area (Å²) in [4.78, 5) is 12.3. The largest absolute Gasteiger partial charge is 0.287 e. The smallest absolute Gasteiger partial charge is 0.208 e. The van der Waals surface area contributed by atoms with Crippen molar-refractivity contribution in [2.75, 3.05) is 0 Å². The number of nitrogens with zero attached hydrogens (tertiary/aromatic N) is 5. The SMILES string of the molecule is Cc1ccc(-n2nnc(C(=O)C=Cc3ccnn3C)c2C)cc1. The van der Waals surface area contributed by atoms with Crippen LogP contribution in [0, 0.1) is 13.8 Å². The molecule has 0 aliphatic carbocycles. The summed E-state index contributed by atoms with van der Waals surface area (Å²) < 4.78 is 3.37. The van der Waals surface area contributed by atoms with E-state index in [1.807, 2.05) is 51.2 Å². The summed E-state index contributed by atoms with van der Waals surface area (Å²) in [6, 6.07) is 9.74. The van der Waals surface area contributed by atoms with Crippen molar-refractivity contribution in [3.8, 4) is 5.69 Å². The van der Waals surface area contributed by atoms with Gasteiger partial charge in [-0.2, -0.15) is 5.10 Å². The fraction of sp³-hybridized carbons (Fsp3) is 0.176. The molecule has 0 aliphatic heterocycles. The molecule has 0 spiro atoms. The number of aromatic nitrogens is 5. The first-order chi connectivity index (χ1) is 11.1. The van der Waals surface area contributed by atoms with E-state index in [2.05, 4.69) is 15.4 Å². The van der Waals surface area contributed by atoms with E-state index in [0.717, 1.165) is 11.4 Å². The van der Waals surface area contributed by atoms with Crippen LogP contribution in [0.2, 0.25) is 0 Å². The van der Waals surface area contributed by atoms with Crippen molar-refractivity contribution in [3.63, 3.8) is 0 Å². The second-order valence-electron chi connectivity index (χ2n) is 5.35. The second-order valence-corrected chi connectivity index (χ2v) is 5.35. The van der Waals surface area contributed by atoms with Crippen LogP contribution in [-0.4, -0.2) is 30.6 Å². The Bertz CT molecular complexity index is 871. The molecule has 23 heavy (non-hydrogen) atoms. The maximum atomic E-state index is 12.3. The average molecular weight is 307 g/mol. The Morgan fingerprint density at radius 2 is 1.87 bits per heavy atom. The molecule has 116 valence electrons. The van der Waals surface area contributed by atoms with Crippen LogP contribution in [0.3, 0.4) is 0 Å². The van der Waals surface area contributed by atoms with Crippen LogP contribution in [0.1, 0.15) is 27.4 Å². The van der Waals surface area contributed by atoms with Gasteiger partial charge in [0.15, 0.2) is 5.69 Å². The Kier molecular flexibility index (Phi) is 3.89. The van der Waals surface area contributed by atoms with Gasteiger partial charge in [0.1, 0.15) is 0 Å². The van der Waals surface area contributed by atoms with Gasteiger partial charge >= 0.3 is 0 Å². The number of rotatable bonds is 4. The van der Waals surface area contributed by atoms with Crippen molar-refractivity contribution in [2.24, 2.45) is 7.05 Å². The lowest BCUT2D eigenvalue weighted by atomic mass is 10.2. The summed E-state index contributed by atoms with van der Waals surface area (Å²) in [7, 11) is 1.82. The van der Waals surface area contributed by atoms with Crippen molar-refractivity contribution in [1.82, 2.24) is 24.8 Å². The van der Waals surface area contributed by atoms with Crippen LogP contribution in [-0.2, 0) is 7.05 Å². The van der Waals surface area contributed by atoms with Crippen LogP contribution in [0.25, 0.3) is 11.8 Å². The van der Waals surface area contributed by atoms with Gasteiger partial charge in [-0.05, 0) is 44.2 Å². The molecule has 0 radical (unpaired) electrons. The normalized spacial score (nSPS) is 11.3. The number of allylic oxidation sites excluding steroid dienone is 1. The van der Waals surface area contributed by atoms with E-state index in [4.69, 9.17) is 0 Å². The summed E-state index contributed by atoms with van der Waals surface area (Å²) in [5, 5.41) is 12.2. The van der Waals surface area contributed by atoms with Crippen LogP contribution in [0.4, 0.5) is 0 Å². The first kappa shape index (κ1) is 14.9. The molecule has 0 fully saturated rings. The van der Waals surface area contributed by atoms with Crippen molar-refractivity contribution >= 4 is 11.9 Å². The average Bonchev–Trinajstić information content (AvgIpc) is 3.12. The topological polar surface area (TPSA) is 65.6 Å². The number of aryl methyl sites for hydroxylation is 2. The predicted molar refractivity (Wildman–Crippen MR) is 87.4 cm³/mol. The number of carbonyl (C=O) groups excluding carboxylic acids is 1.